The van der Waals surface area contributed by atoms with Crippen LogP contribution >= 0.6 is 11.8 Å². The zero-order chi connectivity index (χ0) is 14.3. The van der Waals surface area contributed by atoms with Crippen molar-refractivity contribution in [1.82, 2.24) is 9.88 Å². The molecule has 0 bridgehead atoms. The van der Waals surface area contributed by atoms with Crippen LogP contribution in [0, 0.1) is 0 Å². The molecule has 3 rings (SSSR count). The number of aromatic nitrogens is 1. The first kappa shape index (κ1) is 14.4. The van der Waals surface area contributed by atoms with Gasteiger partial charge in [0.15, 0.2) is 0 Å². The van der Waals surface area contributed by atoms with Crippen molar-refractivity contribution in [3.05, 3.63) is 54.7 Å². The van der Waals surface area contributed by atoms with Crippen LogP contribution in [0.1, 0.15) is 0 Å². The molecule has 21 heavy (non-hydrogen) atoms. The van der Waals surface area contributed by atoms with E-state index in [-0.39, 0.29) is 0 Å². The molecule has 0 radical (unpaired) electrons. The Balaban J connectivity index is 1.40. The van der Waals surface area contributed by atoms with Crippen LogP contribution in [0.4, 0.5) is 5.82 Å². The Labute approximate surface area is 131 Å². The van der Waals surface area contributed by atoms with Crippen LogP contribution in [-0.2, 0) is 0 Å². The van der Waals surface area contributed by atoms with Gasteiger partial charge >= 0.3 is 0 Å². The van der Waals surface area contributed by atoms with Crippen LogP contribution in [-0.4, -0.2) is 48.4 Å². The Hall–Kier alpha value is -1.52. The van der Waals surface area contributed by atoms with Gasteiger partial charge < -0.3 is 4.90 Å². The van der Waals surface area contributed by atoms with Gasteiger partial charge in [-0.15, -0.1) is 11.8 Å². The number of hydrogen-bond donors (Lipinski definition) is 0. The molecule has 1 fully saturated rings. The van der Waals surface area contributed by atoms with E-state index in [1.54, 1.807) is 0 Å². The van der Waals surface area contributed by atoms with Gasteiger partial charge in [0.05, 0.1) is 0 Å². The van der Waals surface area contributed by atoms with E-state index in [1.165, 1.54) is 4.90 Å². The lowest BCUT2D eigenvalue weighted by Gasteiger charge is -2.35. The maximum Gasteiger partial charge on any atom is 0.128 e. The van der Waals surface area contributed by atoms with Gasteiger partial charge in [-0.1, -0.05) is 24.3 Å². The van der Waals surface area contributed by atoms with Gasteiger partial charge in [0, 0.05) is 49.6 Å². The molecule has 1 saturated heterocycles. The molecule has 0 atom stereocenters. The van der Waals surface area contributed by atoms with Crippen LogP contribution in [0.25, 0.3) is 0 Å². The number of pyridine rings is 1. The van der Waals surface area contributed by atoms with E-state index >= 15 is 0 Å². The molecule has 0 unspecified atom stereocenters. The number of benzene rings is 1. The standard InChI is InChI=1S/C17H21N3S/c1-2-6-16(7-3-1)21-15-14-19-10-12-20(13-11-19)17-8-4-5-9-18-17/h1-9H,10-15H2. The van der Waals surface area contributed by atoms with E-state index in [2.05, 4.69) is 57.2 Å². The molecule has 4 heteroatoms. The minimum atomic E-state index is 1.08. The van der Waals surface area contributed by atoms with Crippen LogP contribution in [0.5, 0.6) is 0 Å². The van der Waals surface area contributed by atoms with Crippen molar-refractivity contribution >= 4 is 17.6 Å². The largest absolute Gasteiger partial charge is 0.354 e. The number of nitrogens with zero attached hydrogens (tertiary/aromatic N) is 3. The summed E-state index contributed by atoms with van der Waals surface area (Å²) in [6.07, 6.45) is 1.87. The lowest BCUT2D eigenvalue weighted by molar-refractivity contribution is 0.272. The number of rotatable bonds is 5. The topological polar surface area (TPSA) is 19.4 Å². The van der Waals surface area contributed by atoms with Crippen LogP contribution < -0.4 is 4.90 Å². The first-order valence-corrected chi connectivity index (χ1v) is 8.46. The zero-order valence-electron chi connectivity index (χ0n) is 12.2. The summed E-state index contributed by atoms with van der Waals surface area (Å²) in [6.45, 7) is 5.58. The highest BCUT2D eigenvalue weighted by Gasteiger charge is 2.17. The van der Waals surface area contributed by atoms with Gasteiger partial charge in [-0.25, -0.2) is 4.98 Å². The summed E-state index contributed by atoms with van der Waals surface area (Å²) in [4.78, 5) is 10.7. The van der Waals surface area contributed by atoms with Gasteiger partial charge in [0.2, 0.25) is 0 Å². The first-order chi connectivity index (χ1) is 10.4. The normalized spacial score (nSPS) is 16.1. The molecule has 0 amide bonds. The average molecular weight is 299 g/mol. The van der Waals surface area contributed by atoms with Crippen LogP contribution in [0.2, 0.25) is 0 Å². The molecule has 3 nitrogen and oxygen atoms in total. The molecule has 1 aliphatic heterocycles. The summed E-state index contributed by atoms with van der Waals surface area (Å²) in [6, 6.07) is 16.8. The van der Waals surface area contributed by atoms with E-state index in [0.29, 0.717) is 0 Å². The van der Waals surface area contributed by atoms with Crippen molar-refractivity contribution in [3.63, 3.8) is 0 Å². The Morgan fingerprint density at radius 2 is 1.67 bits per heavy atom. The summed E-state index contributed by atoms with van der Waals surface area (Å²) < 4.78 is 0. The van der Waals surface area contributed by atoms with Crippen LogP contribution in [0.15, 0.2) is 59.6 Å². The molecule has 110 valence electrons. The maximum absolute atomic E-state index is 4.43. The highest BCUT2D eigenvalue weighted by molar-refractivity contribution is 7.99. The Bertz CT molecular complexity index is 521. The Kier molecular flexibility index (Phi) is 5.13. The van der Waals surface area contributed by atoms with E-state index in [1.807, 2.05) is 24.0 Å². The van der Waals surface area contributed by atoms with Crippen molar-refractivity contribution in [3.8, 4) is 0 Å². The minimum absolute atomic E-state index is 1.08. The van der Waals surface area contributed by atoms with E-state index in [4.69, 9.17) is 0 Å². The van der Waals surface area contributed by atoms with Crippen molar-refractivity contribution in [2.75, 3.05) is 43.4 Å². The van der Waals surface area contributed by atoms with Crippen molar-refractivity contribution in [2.45, 2.75) is 4.90 Å². The molecular formula is C17H21N3S. The molecule has 0 N–H and O–H groups in total. The minimum Gasteiger partial charge on any atom is -0.354 e. The Morgan fingerprint density at radius 1 is 0.905 bits per heavy atom. The second-order valence-corrected chi connectivity index (χ2v) is 6.35. The van der Waals surface area contributed by atoms with Crippen LogP contribution in [0.3, 0.4) is 0 Å². The molecule has 1 aromatic carbocycles. The van der Waals surface area contributed by atoms with E-state index in [9.17, 15) is 0 Å². The van der Waals surface area contributed by atoms with Gasteiger partial charge in [-0.3, -0.25) is 4.90 Å². The molecule has 2 heterocycles. The van der Waals surface area contributed by atoms with Gasteiger partial charge in [0.25, 0.3) is 0 Å². The molecular weight excluding hydrogens is 278 g/mol. The summed E-state index contributed by atoms with van der Waals surface area (Å²) in [7, 11) is 0. The fourth-order valence-electron chi connectivity index (χ4n) is 2.55. The molecule has 0 spiro atoms. The monoisotopic (exact) mass is 299 g/mol. The fourth-order valence-corrected chi connectivity index (χ4v) is 3.49. The summed E-state index contributed by atoms with van der Waals surface area (Å²) in [5.74, 6) is 2.27. The van der Waals surface area contributed by atoms with Gasteiger partial charge in [0.1, 0.15) is 5.82 Å². The van der Waals surface area contributed by atoms with Crippen molar-refractivity contribution < 1.29 is 0 Å². The SMILES string of the molecule is c1ccc(SCCN2CCN(c3ccccn3)CC2)cc1. The number of anilines is 1. The van der Waals surface area contributed by atoms with Gasteiger partial charge in [-0.2, -0.15) is 0 Å². The maximum atomic E-state index is 4.43. The van der Waals surface area contributed by atoms with E-state index in [0.717, 1.165) is 44.3 Å². The molecule has 0 saturated carbocycles. The molecule has 2 aromatic rings. The first-order valence-electron chi connectivity index (χ1n) is 7.48. The quantitative estimate of drug-likeness (QED) is 0.790. The second-order valence-electron chi connectivity index (χ2n) is 5.18. The zero-order valence-corrected chi connectivity index (χ0v) is 13.0. The molecule has 0 aliphatic carbocycles. The lowest BCUT2D eigenvalue weighted by Crippen LogP contribution is -2.47. The summed E-state index contributed by atoms with van der Waals surface area (Å²) in [5.41, 5.74) is 0. The Morgan fingerprint density at radius 3 is 2.38 bits per heavy atom. The molecule has 1 aliphatic rings. The van der Waals surface area contributed by atoms with E-state index < -0.39 is 0 Å². The second kappa shape index (κ2) is 7.48. The fraction of sp³-hybridized carbons (Fsp3) is 0.353. The number of hydrogen-bond acceptors (Lipinski definition) is 4. The molecule has 1 aromatic heterocycles. The van der Waals surface area contributed by atoms with Gasteiger partial charge in [-0.05, 0) is 24.3 Å². The number of piperazine rings is 1. The van der Waals surface area contributed by atoms with Crippen molar-refractivity contribution in [2.24, 2.45) is 0 Å². The highest BCUT2D eigenvalue weighted by Crippen LogP contribution is 2.18. The lowest BCUT2D eigenvalue weighted by atomic mass is 10.3. The third-order valence-corrected chi connectivity index (χ3v) is 4.76. The number of thioether (sulfide) groups is 1. The summed E-state index contributed by atoms with van der Waals surface area (Å²) >= 11 is 1.94. The predicted octanol–water partition coefficient (Wildman–Crippen LogP) is 3.00. The summed E-state index contributed by atoms with van der Waals surface area (Å²) in [5, 5.41) is 0. The highest BCUT2D eigenvalue weighted by atomic mass is 32.2. The third kappa shape index (κ3) is 4.22. The third-order valence-electron chi connectivity index (χ3n) is 3.77. The smallest absolute Gasteiger partial charge is 0.128 e. The van der Waals surface area contributed by atoms with Crippen molar-refractivity contribution in [1.29, 1.82) is 0 Å². The predicted molar refractivity (Wildman–Crippen MR) is 90.1 cm³/mol. The average Bonchev–Trinajstić information content (AvgIpc) is 2.57.